The Morgan fingerprint density at radius 1 is 0.815 bits per heavy atom. The van der Waals surface area contributed by atoms with Crippen molar-refractivity contribution in [2.75, 3.05) is 0 Å². The molecule has 132 valence electrons. The topological polar surface area (TPSA) is 42.9 Å². The minimum atomic E-state index is -0.882. The molecule has 0 aliphatic carbocycles. The predicted octanol–water partition coefficient (Wildman–Crippen LogP) is 6.11. The quantitative estimate of drug-likeness (QED) is 0.310. The van der Waals surface area contributed by atoms with Gasteiger partial charge in [0.05, 0.1) is 11.2 Å². The second-order valence-electron chi connectivity index (χ2n) is 6.06. The first-order valence-corrected chi connectivity index (χ1v) is 9.21. The van der Waals surface area contributed by atoms with Crippen LogP contribution in [0.5, 0.6) is 0 Å². The van der Waals surface area contributed by atoms with Crippen molar-refractivity contribution in [2.45, 2.75) is 5.38 Å². The number of nitrogens with zero attached hydrogens (tertiary/aromatic N) is 2. The molecule has 0 saturated heterocycles. The Balaban J connectivity index is 1.82. The van der Waals surface area contributed by atoms with E-state index in [9.17, 15) is 4.79 Å². The van der Waals surface area contributed by atoms with Crippen LogP contribution in [0.25, 0.3) is 22.2 Å². The van der Waals surface area contributed by atoms with Gasteiger partial charge in [0.15, 0.2) is 5.82 Å². The molecular weight excluding hydrogens is 379 g/mol. The Bertz CT molecular complexity index is 1110. The van der Waals surface area contributed by atoms with Crippen molar-refractivity contribution < 1.29 is 4.79 Å². The van der Waals surface area contributed by atoms with Crippen LogP contribution in [-0.2, 0) is 0 Å². The molecule has 1 atom stereocenters. The Morgan fingerprint density at radius 2 is 1.48 bits per heavy atom. The van der Waals surface area contributed by atoms with Gasteiger partial charge in [0.25, 0.3) is 0 Å². The van der Waals surface area contributed by atoms with Crippen molar-refractivity contribution in [3.05, 3.63) is 95.3 Å². The summed E-state index contributed by atoms with van der Waals surface area (Å²) in [6.07, 6.45) is 0. The van der Waals surface area contributed by atoms with E-state index in [0.29, 0.717) is 21.8 Å². The van der Waals surface area contributed by atoms with Gasteiger partial charge in [-0.15, -0.1) is 11.6 Å². The highest BCUT2D eigenvalue weighted by atomic mass is 35.5. The number of hydrogen-bond acceptors (Lipinski definition) is 3. The maximum Gasteiger partial charge on any atom is 0.222 e. The van der Waals surface area contributed by atoms with Gasteiger partial charge in [-0.2, -0.15) is 0 Å². The zero-order chi connectivity index (χ0) is 18.8. The van der Waals surface area contributed by atoms with Crippen LogP contribution in [0.3, 0.4) is 0 Å². The zero-order valence-corrected chi connectivity index (χ0v) is 15.7. The van der Waals surface area contributed by atoms with Crippen molar-refractivity contribution in [3.8, 4) is 11.3 Å². The van der Waals surface area contributed by atoms with Gasteiger partial charge in [0.2, 0.25) is 5.78 Å². The van der Waals surface area contributed by atoms with E-state index < -0.39 is 5.38 Å². The number of ketones is 1. The summed E-state index contributed by atoms with van der Waals surface area (Å²) in [6.45, 7) is 0. The average molecular weight is 393 g/mol. The van der Waals surface area contributed by atoms with Crippen molar-refractivity contribution in [2.24, 2.45) is 0 Å². The third kappa shape index (κ3) is 3.57. The molecular formula is C22H14Cl2N2O. The van der Waals surface area contributed by atoms with Crippen LogP contribution < -0.4 is 0 Å². The summed E-state index contributed by atoms with van der Waals surface area (Å²) in [5.74, 6) is -0.246. The minimum Gasteiger partial charge on any atom is -0.289 e. The summed E-state index contributed by atoms with van der Waals surface area (Å²) in [4.78, 5) is 22.0. The van der Waals surface area contributed by atoms with Crippen molar-refractivity contribution in [3.63, 3.8) is 0 Å². The second-order valence-corrected chi connectivity index (χ2v) is 6.93. The molecule has 0 radical (unpaired) electrons. The molecule has 1 aromatic heterocycles. The molecule has 1 unspecified atom stereocenters. The molecule has 3 nitrogen and oxygen atoms in total. The number of carbonyl (C=O) groups is 1. The maximum atomic E-state index is 13.0. The van der Waals surface area contributed by atoms with E-state index in [-0.39, 0.29) is 11.6 Å². The molecule has 0 fully saturated rings. The zero-order valence-electron chi connectivity index (χ0n) is 14.1. The Hall–Kier alpha value is -2.75. The van der Waals surface area contributed by atoms with E-state index in [1.165, 1.54) is 0 Å². The monoisotopic (exact) mass is 392 g/mol. The van der Waals surface area contributed by atoms with Crippen LogP contribution in [0.4, 0.5) is 0 Å². The lowest BCUT2D eigenvalue weighted by atomic mass is 10.0. The first kappa shape index (κ1) is 17.7. The van der Waals surface area contributed by atoms with Gasteiger partial charge in [-0.3, -0.25) is 4.79 Å². The van der Waals surface area contributed by atoms with Gasteiger partial charge in [-0.1, -0.05) is 72.3 Å². The molecule has 27 heavy (non-hydrogen) atoms. The number of halogens is 2. The molecule has 0 saturated carbocycles. The molecule has 0 N–H and O–H groups in total. The fourth-order valence-electron chi connectivity index (χ4n) is 2.90. The molecule has 0 spiro atoms. The van der Waals surface area contributed by atoms with E-state index in [2.05, 4.69) is 9.97 Å². The predicted molar refractivity (Wildman–Crippen MR) is 109 cm³/mol. The first-order chi connectivity index (χ1) is 13.1. The van der Waals surface area contributed by atoms with Crippen molar-refractivity contribution in [1.82, 2.24) is 9.97 Å². The molecule has 0 amide bonds. The van der Waals surface area contributed by atoms with E-state index in [0.717, 1.165) is 10.9 Å². The minimum absolute atomic E-state index is 0.0995. The van der Waals surface area contributed by atoms with Crippen LogP contribution in [0, 0.1) is 0 Å². The van der Waals surface area contributed by atoms with Crippen LogP contribution >= 0.6 is 23.2 Å². The Morgan fingerprint density at radius 3 is 2.22 bits per heavy atom. The fraction of sp³-hybridized carbons (Fsp3) is 0.0455. The van der Waals surface area contributed by atoms with E-state index >= 15 is 0 Å². The molecule has 0 aliphatic heterocycles. The third-order valence-electron chi connectivity index (χ3n) is 4.26. The smallest absolute Gasteiger partial charge is 0.222 e. The molecule has 0 aliphatic rings. The van der Waals surface area contributed by atoms with Gasteiger partial charge >= 0.3 is 0 Å². The number of rotatable bonds is 4. The van der Waals surface area contributed by atoms with Crippen molar-refractivity contribution >= 4 is 39.9 Å². The largest absolute Gasteiger partial charge is 0.289 e. The van der Waals surface area contributed by atoms with Gasteiger partial charge in [0.1, 0.15) is 5.38 Å². The van der Waals surface area contributed by atoms with Gasteiger partial charge in [0, 0.05) is 16.0 Å². The van der Waals surface area contributed by atoms with Gasteiger partial charge in [-0.05, 0) is 23.8 Å². The number of hydrogen-bond donors (Lipinski definition) is 0. The van der Waals surface area contributed by atoms with E-state index in [1.807, 2.05) is 54.6 Å². The summed E-state index contributed by atoms with van der Waals surface area (Å²) in [7, 11) is 0. The fourth-order valence-corrected chi connectivity index (χ4v) is 3.27. The molecule has 4 rings (SSSR count). The highest BCUT2D eigenvalue weighted by molar-refractivity contribution is 6.33. The highest BCUT2D eigenvalue weighted by Gasteiger charge is 2.23. The first-order valence-electron chi connectivity index (χ1n) is 8.39. The summed E-state index contributed by atoms with van der Waals surface area (Å²) in [5.41, 5.74) is 2.99. The van der Waals surface area contributed by atoms with Crippen LogP contribution in [0.1, 0.15) is 21.6 Å². The average Bonchev–Trinajstić information content (AvgIpc) is 2.73. The van der Waals surface area contributed by atoms with Crippen molar-refractivity contribution in [1.29, 1.82) is 0 Å². The lowest BCUT2D eigenvalue weighted by Crippen LogP contribution is -2.12. The number of fused-ring (bicyclic) bond motifs is 1. The number of benzene rings is 3. The Kier molecular flexibility index (Phi) is 4.88. The molecule has 4 aromatic rings. The lowest BCUT2D eigenvalue weighted by Gasteiger charge is -2.11. The summed E-state index contributed by atoms with van der Waals surface area (Å²) >= 11 is 12.3. The van der Waals surface area contributed by atoms with Crippen LogP contribution in [-0.4, -0.2) is 15.8 Å². The second kappa shape index (κ2) is 7.47. The number of aromatic nitrogens is 2. The van der Waals surface area contributed by atoms with Crippen LogP contribution in [0.15, 0.2) is 78.9 Å². The van der Waals surface area contributed by atoms with E-state index in [1.54, 1.807) is 24.3 Å². The summed E-state index contributed by atoms with van der Waals surface area (Å²) < 4.78 is 0. The third-order valence-corrected chi connectivity index (χ3v) is 4.97. The maximum absolute atomic E-state index is 13.0. The van der Waals surface area contributed by atoms with Gasteiger partial charge < -0.3 is 0 Å². The number of Topliss-reactive ketones (excluding diaryl/α,β-unsaturated/α-hetero) is 1. The normalized spacial score (nSPS) is 12.1. The van der Waals surface area contributed by atoms with Gasteiger partial charge in [-0.25, -0.2) is 9.97 Å². The molecule has 3 aromatic carbocycles. The lowest BCUT2D eigenvalue weighted by molar-refractivity contribution is 0.0977. The highest BCUT2D eigenvalue weighted by Crippen LogP contribution is 2.29. The van der Waals surface area contributed by atoms with Crippen LogP contribution in [0.2, 0.25) is 5.02 Å². The summed E-state index contributed by atoms with van der Waals surface area (Å²) in [6, 6.07) is 24.2. The molecule has 5 heteroatoms. The standard InChI is InChI=1S/C22H14Cl2N2O/c23-16-12-10-14(11-13-16)19(24)21(27)22-25-18-9-5-4-8-17(18)20(26-22)15-6-2-1-3-7-15/h1-13,19H. The SMILES string of the molecule is O=C(c1nc(-c2ccccc2)c2ccccc2n1)C(Cl)c1ccc(Cl)cc1. The summed E-state index contributed by atoms with van der Waals surface area (Å²) in [5, 5.41) is 0.591. The molecule has 0 bridgehead atoms. The number of carbonyl (C=O) groups excluding carboxylic acids is 1. The number of para-hydroxylation sites is 1. The Labute approximate surface area is 166 Å². The number of alkyl halides is 1. The molecule has 1 heterocycles. The van der Waals surface area contributed by atoms with E-state index in [4.69, 9.17) is 23.2 Å².